The molecule has 0 radical (unpaired) electrons. The van der Waals surface area contributed by atoms with Crippen molar-refractivity contribution in [1.82, 2.24) is 0 Å². The number of carbonyl (C=O) groups is 1. The molecule has 0 bridgehead atoms. The molecule has 12 heteroatoms. The fourth-order valence-electron chi connectivity index (χ4n) is 5.04. The number of methoxy groups -OCH3 is 1. The molecule has 2 heterocycles. The Morgan fingerprint density at radius 1 is 1.19 bits per heavy atom. The number of aliphatic hydroxyl groups is 5. The van der Waals surface area contributed by atoms with Crippen molar-refractivity contribution in [2.45, 2.75) is 62.0 Å². The van der Waals surface area contributed by atoms with Crippen LogP contribution in [0.1, 0.15) is 18.9 Å². The summed E-state index contributed by atoms with van der Waals surface area (Å²) >= 11 is 0. The van der Waals surface area contributed by atoms with Crippen LogP contribution in [0.3, 0.4) is 0 Å². The molecule has 1 aliphatic carbocycles. The third-order valence-electron chi connectivity index (χ3n) is 6.98. The minimum Gasteiger partial charge on any atom is -0.504 e. The number of phenols is 1. The molecule has 1 aromatic carbocycles. The van der Waals surface area contributed by atoms with E-state index in [1.54, 1.807) is 25.1 Å². The van der Waals surface area contributed by atoms with Gasteiger partial charge < -0.3 is 54.3 Å². The zero-order chi connectivity index (χ0) is 26.9. The number of fused-ring (bicyclic) bond motifs is 1. The lowest BCUT2D eigenvalue weighted by Crippen LogP contribution is -2.60. The van der Waals surface area contributed by atoms with Crippen LogP contribution >= 0.6 is 0 Å². The van der Waals surface area contributed by atoms with Gasteiger partial charge in [-0.1, -0.05) is 6.07 Å². The quantitative estimate of drug-likeness (QED) is 0.197. The Bertz CT molecular complexity index is 1020. The molecule has 37 heavy (non-hydrogen) atoms. The van der Waals surface area contributed by atoms with Gasteiger partial charge in [-0.3, -0.25) is 0 Å². The Kier molecular flexibility index (Phi) is 8.09. The van der Waals surface area contributed by atoms with Crippen LogP contribution in [0.25, 0.3) is 6.08 Å². The van der Waals surface area contributed by atoms with Gasteiger partial charge in [0.2, 0.25) is 6.29 Å². The molecule has 0 aromatic heterocycles. The van der Waals surface area contributed by atoms with Gasteiger partial charge in [-0.05, 0) is 36.8 Å². The highest BCUT2D eigenvalue weighted by Crippen LogP contribution is 2.48. The topological polar surface area (TPSA) is 185 Å². The van der Waals surface area contributed by atoms with Gasteiger partial charge in [0.25, 0.3) is 0 Å². The first-order valence-electron chi connectivity index (χ1n) is 11.8. The highest BCUT2D eigenvalue weighted by Gasteiger charge is 2.57. The van der Waals surface area contributed by atoms with Crippen LogP contribution in [0.5, 0.6) is 11.5 Å². The molecule has 3 aliphatic rings. The maximum Gasteiger partial charge on any atom is 0.331 e. The van der Waals surface area contributed by atoms with Crippen LogP contribution in [-0.2, 0) is 23.7 Å². The van der Waals surface area contributed by atoms with Crippen molar-refractivity contribution in [3.8, 4) is 11.5 Å². The summed E-state index contributed by atoms with van der Waals surface area (Å²) in [6, 6.07) is 4.59. The fraction of sp³-hybridized carbons (Fsp3) is 0.560. The molecular weight excluding hydrogens is 492 g/mol. The number of hydrogen-bond donors (Lipinski definition) is 6. The van der Waals surface area contributed by atoms with Crippen molar-refractivity contribution >= 4 is 12.0 Å². The molecule has 204 valence electrons. The summed E-state index contributed by atoms with van der Waals surface area (Å²) in [5, 5.41) is 60.6. The van der Waals surface area contributed by atoms with E-state index in [2.05, 4.69) is 0 Å². The van der Waals surface area contributed by atoms with Crippen LogP contribution in [0.2, 0.25) is 0 Å². The average molecular weight is 525 g/mol. The van der Waals surface area contributed by atoms with Crippen LogP contribution in [0.4, 0.5) is 0 Å². The molecule has 0 unspecified atom stereocenters. The summed E-state index contributed by atoms with van der Waals surface area (Å²) < 4.78 is 27.4. The summed E-state index contributed by atoms with van der Waals surface area (Å²) in [5.41, 5.74) is -0.811. The Labute approximate surface area is 212 Å². The highest BCUT2D eigenvalue weighted by atomic mass is 16.8. The van der Waals surface area contributed by atoms with Gasteiger partial charge >= 0.3 is 5.97 Å². The molecule has 1 saturated carbocycles. The van der Waals surface area contributed by atoms with E-state index in [0.29, 0.717) is 5.56 Å². The van der Waals surface area contributed by atoms with Gasteiger partial charge in [0.1, 0.15) is 30.5 Å². The van der Waals surface area contributed by atoms with Gasteiger partial charge in [-0.2, -0.15) is 0 Å². The maximum atomic E-state index is 12.6. The largest absolute Gasteiger partial charge is 0.504 e. The van der Waals surface area contributed by atoms with Gasteiger partial charge in [0, 0.05) is 18.4 Å². The zero-order valence-electron chi connectivity index (χ0n) is 20.3. The Morgan fingerprint density at radius 3 is 2.65 bits per heavy atom. The van der Waals surface area contributed by atoms with E-state index in [1.165, 1.54) is 31.6 Å². The predicted octanol–water partition coefficient (Wildman–Crippen LogP) is -0.601. The zero-order valence-corrected chi connectivity index (χ0v) is 20.3. The lowest BCUT2D eigenvalue weighted by molar-refractivity contribution is -0.346. The second kappa shape index (κ2) is 11.0. The maximum absolute atomic E-state index is 12.6. The smallest absolute Gasteiger partial charge is 0.331 e. The van der Waals surface area contributed by atoms with E-state index in [-0.39, 0.29) is 17.9 Å². The molecule has 6 N–H and O–H groups in total. The number of ether oxygens (including phenoxy) is 5. The molecule has 1 saturated heterocycles. The van der Waals surface area contributed by atoms with E-state index in [9.17, 15) is 35.4 Å². The average Bonchev–Trinajstić information content (AvgIpc) is 3.13. The first-order valence-corrected chi connectivity index (χ1v) is 11.8. The first-order chi connectivity index (χ1) is 17.6. The van der Waals surface area contributed by atoms with Crippen LogP contribution < -0.4 is 4.74 Å². The van der Waals surface area contributed by atoms with E-state index >= 15 is 0 Å². The van der Waals surface area contributed by atoms with Crippen molar-refractivity contribution in [2.24, 2.45) is 11.8 Å². The Morgan fingerprint density at radius 2 is 1.95 bits per heavy atom. The normalized spacial score (nSPS) is 39.3. The number of aliphatic hydroxyl groups excluding tert-OH is 4. The summed E-state index contributed by atoms with van der Waals surface area (Å²) in [5.74, 6) is -1.69. The first kappa shape index (κ1) is 27.3. The van der Waals surface area contributed by atoms with E-state index in [4.69, 9.17) is 23.7 Å². The van der Waals surface area contributed by atoms with Crippen molar-refractivity contribution < 1.29 is 59.1 Å². The van der Waals surface area contributed by atoms with Crippen LogP contribution in [0, 0.1) is 11.8 Å². The van der Waals surface area contributed by atoms with E-state index < -0.39 is 73.1 Å². The number of phenolic OH excluding ortho intramolecular Hbond substituents is 1. The molecule has 2 fully saturated rings. The van der Waals surface area contributed by atoms with Crippen LogP contribution in [-0.4, -0.2) is 99.0 Å². The fourth-order valence-corrected chi connectivity index (χ4v) is 5.04. The number of aromatic hydroxyl groups is 1. The summed E-state index contributed by atoms with van der Waals surface area (Å²) in [7, 11) is 1.41. The van der Waals surface area contributed by atoms with Crippen molar-refractivity contribution in [1.29, 1.82) is 0 Å². The minimum absolute atomic E-state index is 0.0340. The minimum atomic E-state index is -1.64. The van der Waals surface area contributed by atoms with Crippen LogP contribution in [0.15, 0.2) is 36.6 Å². The Hall–Kier alpha value is -2.71. The second-order valence-electron chi connectivity index (χ2n) is 9.57. The predicted molar refractivity (Wildman–Crippen MR) is 125 cm³/mol. The number of benzene rings is 1. The van der Waals surface area contributed by atoms with Gasteiger partial charge in [0.05, 0.1) is 31.5 Å². The number of hydrogen-bond acceptors (Lipinski definition) is 12. The van der Waals surface area contributed by atoms with Crippen molar-refractivity contribution in [3.05, 3.63) is 42.2 Å². The molecule has 1 aromatic rings. The number of carbonyl (C=O) groups excluding carboxylic acids is 1. The van der Waals surface area contributed by atoms with E-state index in [1.807, 2.05) is 0 Å². The molecule has 10 atom stereocenters. The van der Waals surface area contributed by atoms with Gasteiger partial charge in [-0.25, -0.2) is 4.79 Å². The summed E-state index contributed by atoms with van der Waals surface area (Å²) in [4.78, 5) is 12.6. The van der Waals surface area contributed by atoms with E-state index in [0.717, 1.165) is 0 Å². The SMILES string of the molecule is COc1cc(C=CC(=O)O[C@@H]2C[C@](C)(O)[C@@H]3[C@H](O[C@@H]4O[C@H](CO)[C@@H](O)[C@H](O)[C@H]4O)OC=C[C@H]32)ccc1O. The molecule has 2 aliphatic heterocycles. The third kappa shape index (κ3) is 5.60. The molecular formula is C25H32O12. The molecule has 0 spiro atoms. The standard InChI is InChI=1S/C25H32O12/c1-25(32)10-16(35-18(28)6-4-12-3-5-14(27)15(9-12)33-2)13-7-8-34-23(19(13)25)37-24-22(31)21(30)20(29)17(11-26)36-24/h3-9,13,16-17,19-24,26-27,29-32H,10-11H2,1-2H3/t13-,16+,17+,19-,20+,21-,22+,23-,24-,25-/m0/s1. The van der Waals surface area contributed by atoms with Gasteiger partial charge in [0.15, 0.2) is 17.8 Å². The number of esters is 1. The lowest BCUT2D eigenvalue weighted by Gasteiger charge is -2.43. The summed E-state index contributed by atoms with van der Waals surface area (Å²) in [6.45, 7) is 0.922. The molecule has 4 rings (SSSR count). The highest BCUT2D eigenvalue weighted by molar-refractivity contribution is 5.87. The van der Waals surface area contributed by atoms with Crippen molar-refractivity contribution in [2.75, 3.05) is 13.7 Å². The summed E-state index contributed by atoms with van der Waals surface area (Å²) in [6.07, 6.45) is -3.58. The molecule has 0 amide bonds. The molecule has 12 nitrogen and oxygen atoms in total. The number of rotatable bonds is 7. The third-order valence-corrected chi connectivity index (χ3v) is 6.98. The second-order valence-corrected chi connectivity index (χ2v) is 9.57. The van der Waals surface area contributed by atoms with Gasteiger partial charge in [-0.15, -0.1) is 0 Å². The van der Waals surface area contributed by atoms with Crippen molar-refractivity contribution in [3.63, 3.8) is 0 Å². The lowest BCUT2D eigenvalue weighted by atomic mass is 9.85. The Balaban J connectivity index is 1.44. The monoisotopic (exact) mass is 524 g/mol.